The minimum atomic E-state index is -1.07. The third kappa shape index (κ3) is 2.01. The number of methoxy groups -OCH3 is 1. The van der Waals surface area contributed by atoms with Crippen molar-refractivity contribution in [3.8, 4) is 5.75 Å². The highest BCUT2D eigenvalue weighted by atomic mass is 16.5. The Morgan fingerprint density at radius 2 is 2.29 bits per heavy atom. The molecule has 14 heavy (non-hydrogen) atoms. The van der Waals surface area contributed by atoms with Crippen LogP contribution < -0.4 is 10.1 Å². The quantitative estimate of drug-likeness (QED) is 0.701. The van der Waals surface area contributed by atoms with Crippen LogP contribution in [-0.4, -0.2) is 24.6 Å². The predicted octanol–water partition coefficient (Wildman–Crippen LogP) is 0.962. The molecule has 2 N–H and O–H groups in total. The number of carboxylic acid groups (broad SMARTS) is 1. The first-order chi connectivity index (χ1) is 6.69. The molecular weight excluding hydrogens is 186 g/mol. The van der Waals surface area contributed by atoms with E-state index in [4.69, 9.17) is 9.84 Å². The molecule has 0 fully saturated rings. The zero-order valence-electron chi connectivity index (χ0n) is 7.48. The molecule has 0 radical (unpaired) electrons. The lowest BCUT2D eigenvalue weighted by atomic mass is 10.2. The van der Waals surface area contributed by atoms with Crippen LogP contribution in [0.2, 0.25) is 0 Å². The Bertz CT molecular complexity index is 362. The predicted molar refractivity (Wildman–Crippen MR) is 49.6 cm³/mol. The third-order valence-corrected chi connectivity index (χ3v) is 1.66. The lowest BCUT2D eigenvalue weighted by Gasteiger charge is -2.06. The van der Waals surface area contributed by atoms with Gasteiger partial charge in [-0.3, -0.25) is 4.79 Å². The molecule has 0 heterocycles. The second kappa shape index (κ2) is 4.27. The number of hydrogen-bond acceptors (Lipinski definition) is 3. The van der Waals surface area contributed by atoms with Gasteiger partial charge in [0.2, 0.25) is 6.41 Å². The van der Waals surface area contributed by atoms with E-state index in [1.165, 1.54) is 25.3 Å². The molecule has 1 aromatic rings. The molecule has 74 valence electrons. The summed E-state index contributed by atoms with van der Waals surface area (Å²) >= 11 is 0. The van der Waals surface area contributed by atoms with Gasteiger partial charge in [-0.25, -0.2) is 4.79 Å². The van der Waals surface area contributed by atoms with E-state index in [1.54, 1.807) is 0 Å². The van der Waals surface area contributed by atoms with E-state index in [1.807, 2.05) is 0 Å². The van der Waals surface area contributed by atoms with Crippen molar-refractivity contribution in [3.05, 3.63) is 23.8 Å². The van der Waals surface area contributed by atoms with Crippen LogP contribution >= 0.6 is 0 Å². The number of rotatable bonds is 4. The first kappa shape index (κ1) is 10.0. The maximum absolute atomic E-state index is 10.7. The van der Waals surface area contributed by atoms with Crippen LogP contribution in [0.15, 0.2) is 18.2 Å². The highest BCUT2D eigenvalue weighted by Crippen LogP contribution is 2.22. The fourth-order valence-electron chi connectivity index (χ4n) is 1.03. The number of amides is 1. The molecule has 0 bridgehead atoms. The summed E-state index contributed by atoms with van der Waals surface area (Å²) in [7, 11) is 1.37. The van der Waals surface area contributed by atoms with Gasteiger partial charge >= 0.3 is 5.97 Å². The van der Waals surface area contributed by atoms with Gasteiger partial charge < -0.3 is 15.2 Å². The van der Waals surface area contributed by atoms with Crippen molar-refractivity contribution in [1.82, 2.24) is 0 Å². The van der Waals surface area contributed by atoms with Crippen LogP contribution in [0.1, 0.15) is 10.4 Å². The van der Waals surface area contributed by atoms with E-state index >= 15 is 0 Å². The number of hydrogen-bond donors (Lipinski definition) is 2. The Balaban J connectivity index is 3.10. The third-order valence-electron chi connectivity index (χ3n) is 1.66. The molecule has 0 saturated carbocycles. The van der Waals surface area contributed by atoms with Crippen molar-refractivity contribution in [3.63, 3.8) is 0 Å². The molecule has 0 atom stereocenters. The smallest absolute Gasteiger partial charge is 0.339 e. The number of carbonyl (C=O) groups excluding carboxylic acids is 1. The number of carbonyl (C=O) groups is 2. The molecule has 0 aliphatic carbocycles. The molecule has 1 aromatic carbocycles. The SMILES string of the molecule is COc1cc(NC=O)ccc1C(=O)O. The largest absolute Gasteiger partial charge is 0.496 e. The van der Waals surface area contributed by atoms with Crippen molar-refractivity contribution >= 4 is 18.1 Å². The Morgan fingerprint density at radius 1 is 1.57 bits per heavy atom. The summed E-state index contributed by atoms with van der Waals surface area (Å²) in [5, 5.41) is 11.1. The normalized spacial score (nSPS) is 9.21. The monoisotopic (exact) mass is 195 g/mol. The maximum atomic E-state index is 10.7. The molecular formula is C9H9NO4. The van der Waals surface area contributed by atoms with Gasteiger partial charge in [-0.15, -0.1) is 0 Å². The number of carboxylic acids is 1. The van der Waals surface area contributed by atoms with E-state index < -0.39 is 5.97 Å². The lowest BCUT2D eigenvalue weighted by Crippen LogP contribution is -2.02. The second-order valence-electron chi connectivity index (χ2n) is 2.48. The van der Waals surface area contributed by atoms with Gasteiger partial charge in [0.05, 0.1) is 7.11 Å². The van der Waals surface area contributed by atoms with Gasteiger partial charge in [-0.2, -0.15) is 0 Å². The van der Waals surface area contributed by atoms with E-state index in [-0.39, 0.29) is 11.3 Å². The molecule has 0 aliphatic heterocycles. The second-order valence-corrected chi connectivity index (χ2v) is 2.48. The van der Waals surface area contributed by atoms with Crippen molar-refractivity contribution in [2.45, 2.75) is 0 Å². The lowest BCUT2D eigenvalue weighted by molar-refractivity contribution is -0.105. The maximum Gasteiger partial charge on any atom is 0.339 e. The summed E-state index contributed by atoms with van der Waals surface area (Å²) in [6.45, 7) is 0. The average Bonchev–Trinajstić information content (AvgIpc) is 2.17. The standard InChI is InChI=1S/C9H9NO4/c1-14-8-4-6(10-5-11)2-3-7(8)9(12)13/h2-5H,1H3,(H,10,11)(H,12,13). The topological polar surface area (TPSA) is 75.6 Å². The van der Waals surface area contributed by atoms with Crippen LogP contribution in [0.5, 0.6) is 5.75 Å². The number of aromatic carboxylic acids is 1. The number of ether oxygens (including phenoxy) is 1. The Kier molecular flexibility index (Phi) is 3.06. The summed E-state index contributed by atoms with van der Waals surface area (Å²) in [6.07, 6.45) is 0.509. The van der Waals surface area contributed by atoms with Gasteiger partial charge in [-0.1, -0.05) is 0 Å². The van der Waals surface area contributed by atoms with Crippen LogP contribution in [0.4, 0.5) is 5.69 Å². The van der Waals surface area contributed by atoms with Crippen molar-refractivity contribution in [2.75, 3.05) is 12.4 Å². The number of anilines is 1. The van der Waals surface area contributed by atoms with Crippen LogP contribution in [0.25, 0.3) is 0 Å². The van der Waals surface area contributed by atoms with Crippen LogP contribution in [-0.2, 0) is 4.79 Å². The van der Waals surface area contributed by atoms with Gasteiger partial charge in [0.1, 0.15) is 11.3 Å². The fraction of sp³-hybridized carbons (Fsp3) is 0.111. The Labute approximate surface area is 80.3 Å². The molecule has 0 spiro atoms. The molecule has 1 rings (SSSR count). The summed E-state index contributed by atoms with van der Waals surface area (Å²) in [5.41, 5.74) is 0.547. The molecule has 5 nitrogen and oxygen atoms in total. The summed E-state index contributed by atoms with van der Waals surface area (Å²) in [5.74, 6) is -0.858. The van der Waals surface area contributed by atoms with Gasteiger partial charge in [0.15, 0.2) is 0 Å². The van der Waals surface area contributed by atoms with Gasteiger partial charge in [-0.05, 0) is 12.1 Å². The molecule has 0 unspecified atom stereocenters. The minimum absolute atomic E-state index is 0.0592. The van der Waals surface area contributed by atoms with Crippen LogP contribution in [0, 0.1) is 0 Å². The zero-order chi connectivity index (χ0) is 10.6. The van der Waals surface area contributed by atoms with Crippen molar-refractivity contribution in [1.29, 1.82) is 0 Å². The Morgan fingerprint density at radius 3 is 2.79 bits per heavy atom. The van der Waals surface area contributed by atoms with Gasteiger partial charge in [0, 0.05) is 11.8 Å². The van der Waals surface area contributed by atoms with E-state index in [9.17, 15) is 9.59 Å². The number of benzene rings is 1. The zero-order valence-corrected chi connectivity index (χ0v) is 7.48. The van der Waals surface area contributed by atoms with Crippen molar-refractivity contribution in [2.24, 2.45) is 0 Å². The first-order valence-electron chi connectivity index (χ1n) is 3.80. The fourth-order valence-corrected chi connectivity index (χ4v) is 1.03. The van der Waals surface area contributed by atoms with Crippen LogP contribution in [0.3, 0.4) is 0 Å². The van der Waals surface area contributed by atoms with E-state index in [2.05, 4.69) is 5.32 Å². The highest BCUT2D eigenvalue weighted by Gasteiger charge is 2.10. The summed E-state index contributed by atoms with van der Waals surface area (Å²) in [4.78, 5) is 20.8. The summed E-state index contributed by atoms with van der Waals surface area (Å²) < 4.78 is 4.86. The average molecular weight is 195 g/mol. The summed E-state index contributed by atoms with van der Waals surface area (Å²) in [6, 6.07) is 4.30. The minimum Gasteiger partial charge on any atom is -0.496 e. The Hall–Kier alpha value is -2.04. The van der Waals surface area contributed by atoms with E-state index in [0.717, 1.165) is 0 Å². The highest BCUT2D eigenvalue weighted by molar-refractivity contribution is 5.92. The first-order valence-corrected chi connectivity index (χ1v) is 3.80. The number of nitrogens with one attached hydrogen (secondary N) is 1. The molecule has 1 amide bonds. The van der Waals surface area contributed by atoms with Crippen molar-refractivity contribution < 1.29 is 19.4 Å². The molecule has 5 heteroatoms. The molecule has 0 aliphatic rings. The molecule has 0 aromatic heterocycles. The molecule has 0 saturated heterocycles. The van der Waals surface area contributed by atoms with E-state index in [0.29, 0.717) is 12.1 Å². The van der Waals surface area contributed by atoms with Gasteiger partial charge in [0.25, 0.3) is 0 Å².